The Labute approximate surface area is 96.4 Å². The molecule has 17 heavy (non-hydrogen) atoms. The first-order valence-corrected chi connectivity index (χ1v) is 4.96. The second kappa shape index (κ2) is 6.41. The molecule has 0 bridgehead atoms. The van der Waals surface area contributed by atoms with Gasteiger partial charge in [0, 0.05) is 19.8 Å². The van der Waals surface area contributed by atoms with E-state index in [0.29, 0.717) is 6.07 Å². The van der Waals surface area contributed by atoms with Crippen LogP contribution in [0.3, 0.4) is 0 Å². The van der Waals surface area contributed by atoms with Gasteiger partial charge in [0.15, 0.2) is 17.5 Å². The van der Waals surface area contributed by atoms with Gasteiger partial charge in [-0.3, -0.25) is 0 Å². The zero-order valence-electron chi connectivity index (χ0n) is 9.21. The summed E-state index contributed by atoms with van der Waals surface area (Å²) in [6.45, 7) is 0.0347. The van der Waals surface area contributed by atoms with Gasteiger partial charge in [0.25, 0.3) is 5.95 Å². The average molecular weight is 250 g/mol. The first-order chi connectivity index (χ1) is 8.08. The number of aliphatic hydroxyl groups excluding tert-OH is 1. The molecule has 1 unspecified atom stereocenters. The van der Waals surface area contributed by atoms with Crippen LogP contribution >= 0.6 is 0 Å². The molecule has 0 aromatic carbocycles. The van der Waals surface area contributed by atoms with Crippen LogP contribution in [0.15, 0.2) is 6.07 Å². The number of hydrogen-bond donors (Lipinski definition) is 2. The molecule has 0 fully saturated rings. The van der Waals surface area contributed by atoms with Crippen LogP contribution in [-0.2, 0) is 4.74 Å². The summed E-state index contributed by atoms with van der Waals surface area (Å²) in [5.41, 5.74) is 0. The van der Waals surface area contributed by atoms with E-state index in [-0.39, 0.29) is 19.6 Å². The van der Waals surface area contributed by atoms with Gasteiger partial charge in [0.2, 0.25) is 0 Å². The van der Waals surface area contributed by atoms with Gasteiger partial charge in [0.05, 0.1) is 12.6 Å². The summed E-state index contributed by atoms with van der Waals surface area (Å²) in [5.74, 6) is -4.13. The minimum absolute atomic E-state index is 0.147. The normalized spacial score (nSPS) is 12.5. The number of ether oxygens (including phenoxy) is 1. The standard InChI is InChI=1S/C10H13F3N2O2/c1-17-5-6(2-3-16)14-10-8(12)4-7(11)9(13)15-10/h4,6,16H,2-3,5H2,1H3,(H,14,15). The molecule has 2 N–H and O–H groups in total. The van der Waals surface area contributed by atoms with Crippen LogP contribution in [0.5, 0.6) is 0 Å². The molecule has 96 valence electrons. The molecule has 1 heterocycles. The summed E-state index contributed by atoms with van der Waals surface area (Å²) in [5, 5.41) is 11.3. The molecule has 1 atom stereocenters. The highest BCUT2D eigenvalue weighted by Gasteiger charge is 2.15. The van der Waals surface area contributed by atoms with Gasteiger partial charge in [-0.05, 0) is 6.42 Å². The molecule has 0 saturated heterocycles. The third-order valence-corrected chi connectivity index (χ3v) is 2.07. The van der Waals surface area contributed by atoms with Gasteiger partial charge >= 0.3 is 0 Å². The van der Waals surface area contributed by atoms with E-state index in [1.54, 1.807) is 0 Å². The number of methoxy groups -OCH3 is 1. The van der Waals surface area contributed by atoms with Gasteiger partial charge in [-0.2, -0.15) is 9.37 Å². The van der Waals surface area contributed by atoms with Gasteiger partial charge < -0.3 is 15.2 Å². The highest BCUT2D eigenvalue weighted by atomic mass is 19.2. The summed E-state index contributed by atoms with van der Waals surface area (Å²) in [6, 6.07) is -0.0233. The number of nitrogens with zero attached hydrogens (tertiary/aromatic N) is 1. The Balaban J connectivity index is 2.81. The van der Waals surface area contributed by atoms with E-state index in [9.17, 15) is 13.2 Å². The summed E-state index contributed by atoms with van der Waals surface area (Å²) in [6.07, 6.45) is 0.272. The molecule has 1 aromatic heterocycles. The van der Waals surface area contributed by atoms with Crippen molar-refractivity contribution < 1.29 is 23.0 Å². The van der Waals surface area contributed by atoms with Gasteiger partial charge in [-0.1, -0.05) is 0 Å². The molecular weight excluding hydrogens is 237 g/mol. The monoisotopic (exact) mass is 250 g/mol. The first kappa shape index (κ1) is 13.7. The third-order valence-electron chi connectivity index (χ3n) is 2.07. The van der Waals surface area contributed by atoms with Crippen LogP contribution in [0.25, 0.3) is 0 Å². The second-order valence-electron chi connectivity index (χ2n) is 3.40. The summed E-state index contributed by atoms with van der Waals surface area (Å²) in [7, 11) is 1.43. The van der Waals surface area contributed by atoms with Crippen LogP contribution < -0.4 is 5.32 Å². The number of aliphatic hydroxyl groups is 1. The van der Waals surface area contributed by atoms with E-state index >= 15 is 0 Å². The SMILES string of the molecule is COCC(CCO)Nc1nc(F)c(F)cc1F. The number of hydrogen-bond acceptors (Lipinski definition) is 4. The lowest BCUT2D eigenvalue weighted by Gasteiger charge is -2.17. The Morgan fingerprint density at radius 3 is 2.71 bits per heavy atom. The van der Waals surface area contributed by atoms with Crippen LogP contribution in [0.2, 0.25) is 0 Å². The molecule has 0 spiro atoms. The number of nitrogens with one attached hydrogen (secondary N) is 1. The molecule has 1 rings (SSSR count). The number of aromatic nitrogens is 1. The summed E-state index contributed by atoms with van der Waals surface area (Å²) in [4.78, 5) is 3.11. The van der Waals surface area contributed by atoms with Crippen molar-refractivity contribution in [2.75, 3.05) is 25.6 Å². The van der Waals surface area contributed by atoms with Crippen LogP contribution in [-0.4, -0.2) is 36.5 Å². The van der Waals surface area contributed by atoms with Crippen molar-refractivity contribution >= 4 is 5.82 Å². The molecule has 0 aliphatic carbocycles. The van der Waals surface area contributed by atoms with Crippen molar-refractivity contribution in [1.82, 2.24) is 4.98 Å². The topological polar surface area (TPSA) is 54.4 Å². The lowest BCUT2D eigenvalue weighted by molar-refractivity contribution is 0.170. The second-order valence-corrected chi connectivity index (χ2v) is 3.40. The summed E-state index contributed by atoms with van der Waals surface area (Å²) >= 11 is 0. The maximum atomic E-state index is 13.2. The molecule has 0 aliphatic rings. The highest BCUT2D eigenvalue weighted by molar-refractivity contribution is 5.37. The van der Waals surface area contributed by atoms with Crippen molar-refractivity contribution in [3.8, 4) is 0 Å². The minimum Gasteiger partial charge on any atom is -0.396 e. The van der Waals surface area contributed by atoms with Gasteiger partial charge in [-0.15, -0.1) is 0 Å². The fraction of sp³-hybridized carbons (Fsp3) is 0.500. The average Bonchev–Trinajstić information content (AvgIpc) is 2.26. The van der Waals surface area contributed by atoms with Gasteiger partial charge in [-0.25, -0.2) is 8.78 Å². The lowest BCUT2D eigenvalue weighted by Crippen LogP contribution is -2.27. The Morgan fingerprint density at radius 1 is 1.41 bits per heavy atom. The maximum Gasteiger partial charge on any atom is 0.251 e. The number of pyridine rings is 1. The maximum absolute atomic E-state index is 13.2. The molecule has 7 heteroatoms. The Morgan fingerprint density at radius 2 is 2.12 bits per heavy atom. The van der Waals surface area contributed by atoms with Crippen molar-refractivity contribution in [1.29, 1.82) is 0 Å². The van der Waals surface area contributed by atoms with Crippen molar-refractivity contribution in [2.24, 2.45) is 0 Å². The minimum atomic E-state index is -1.38. The Bertz CT molecular complexity index is 371. The van der Waals surface area contributed by atoms with Crippen molar-refractivity contribution in [3.05, 3.63) is 23.6 Å². The summed E-state index contributed by atoms with van der Waals surface area (Å²) < 4.78 is 43.5. The quantitative estimate of drug-likeness (QED) is 0.747. The number of rotatable bonds is 6. The van der Waals surface area contributed by atoms with Crippen LogP contribution in [0.1, 0.15) is 6.42 Å². The highest BCUT2D eigenvalue weighted by Crippen LogP contribution is 2.15. The third kappa shape index (κ3) is 3.86. The van der Waals surface area contributed by atoms with E-state index < -0.39 is 29.4 Å². The predicted molar refractivity (Wildman–Crippen MR) is 55.1 cm³/mol. The largest absolute Gasteiger partial charge is 0.396 e. The molecule has 0 saturated carbocycles. The predicted octanol–water partition coefficient (Wildman–Crippen LogP) is 1.31. The fourth-order valence-electron chi connectivity index (χ4n) is 1.29. The molecule has 0 radical (unpaired) electrons. The van der Waals surface area contributed by atoms with Gasteiger partial charge in [0.1, 0.15) is 0 Å². The van der Waals surface area contributed by atoms with E-state index in [1.807, 2.05) is 0 Å². The Kier molecular flexibility index (Phi) is 5.17. The number of anilines is 1. The van der Waals surface area contributed by atoms with Crippen molar-refractivity contribution in [2.45, 2.75) is 12.5 Å². The van der Waals surface area contributed by atoms with E-state index in [1.165, 1.54) is 7.11 Å². The smallest absolute Gasteiger partial charge is 0.251 e. The zero-order valence-corrected chi connectivity index (χ0v) is 9.21. The molecule has 0 aliphatic heterocycles. The Hall–Kier alpha value is -1.34. The van der Waals surface area contributed by atoms with Crippen LogP contribution in [0, 0.1) is 17.6 Å². The lowest BCUT2D eigenvalue weighted by atomic mass is 10.2. The van der Waals surface area contributed by atoms with Crippen molar-refractivity contribution in [3.63, 3.8) is 0 Å². The van der Waals surface area contributed by atoms with E-state index in [0.717, 1.165) is 0 Å². The fourth-order valence-corrected chi connectivity index (χ4v) is 1.29. The van der Waals surface area contributed by atoms with E-state index in [2.05, 4.69) is 10.3 Å². The molecule has 1 aromatic rings. The zero-order chi connectivity index (χ0) is 12.8. The number of halogens is 3. The van der Waals surface area contributed by atoms with Crippen LogP contribution in [0.4, 0.5) is 19.0 Å². The molecular formula is C10H13F3N2O2. The molecule has 4 nitrogen and oxygen atoms in total. The van der Waals surface area contributed by atoms with E-state index in [4.69, 9.17) is 9.84 Å². The molecule has 0 amide bonds. The first-order valence-electron chi connectivity index (χ1n) is 4.96.